The van der Waals surface area contributed by atoms with Crippen LogP contribution in [-0.4, -0.2) is 16.5 Å². The predicted molar refractivity (Wildman–Crippen MR) is 163 cm³/mol. The summed E-state index contributed by atoms with van der Waals surface area (Å²) in [6.07, 6.45) is 7.76. The molecule has 0 aliphatic heterocycles. The number of thiophene rings is 1. The maximum Gasteiger partial charge on any atom is 0.182 e. The number of imidazole rings is 1. The lowest BCUT2D eigenvalue weighted by Gasteiger charge is -2.11. The minimum absolute atomic E-state index is 0.464. The maximum atomic E-state index is 6.17. The van der Waals surface area contributed by atoms with E-state index < -0.39 is 0 Å². The Labute approximate surface area is 237 Å². The molecule has 40 heavy (non-hydrogen) atoms. The van der Waals surface area contributed by atoms with Crippen LogP contribution in [0.2, 0.25) is 0 Å². The fraction of sp³-hybridized carbons (Fsp3) is 0.0882. The Morgan fingerprint density at radius 2 is 1.70 bits per heavy atom. The summed E-state index contributed by atoms with van der Waals surface area (Å²) in [5, 5.41) is 5.57. The highest BCUT2D eigenvalue weighted by atomic mass is 32.1. The quantitative estimate of drug-likeness (QED) is 0.199. The van der Waals surface area contributed by atoms with E-state index >= 15 is 0 Å². The lowest BCUT2D eigenvalue weighted by molar-refractivity contribution is 0.308. The Morgan fingerprint density at radius 1 is 0.900 bits per heavy atom. The Morgan fingerprint density at radius 3 is 2.38 bits per heavy atom. The van der Waals surface area contributed by atoms with Crippen molar-refractivity contribution in [2.75, 3.05) is 12.4 Å². The van der Waals surface area contributed by atoms with Crippen molar-refractivity contribution in [2.45, 2.75) is 13.2 Å². The third kappa shape index (κ3) is 5.42. The molecule has 0 saturated heterocycles. The molecule has 0 fully saturated rings. The molecular weight excluding hydrogens is 514 g/mol. The fourth-order valence-corrected chi connectivity index (χ4v) is 5.28. The number of nitrogens with one attached hydrogen (secondary N) is 1. The van der Waals surface area contributed by atoms with Crippen molar-refractivity contribution in [2.24, 2.45) is 0 Å². The van der Waals surface area contributed by atoms with Crippen LogP contribution in [0.4, 0.5) is 5.82 Å². The standard InChI is InChI=1S/C28H23N3O2S.C6H4/c1-3-22-15-17-34-26(22)25-28(29-18-20-11-13-23(32-2)14-12-20)31-16-7-10-24(27(31)30-25)33-19-21-8-5-4-6-9-21;1-2-5-4-6(5)3-1/h1,4-17,29H,18-19H2,2H3;1-4H. The number of benzene rings is 3. The smallest absolute Gasteiger partial charge is 0.182 e. The number of terminal acetylenes is 1. The molecule has 0 spiro atoms. The molecule has 7 rings (SSSR count). The van der Waals surface area contributed by atoms with E-state index in [1.807, 2.05) is 88.8 Å². The van der Waals surface area contributed by atoms with Gasteiger partial charge in [-0.3, -0.25) is 4.40 Å². The number of anilines is 1. The Hall–Kier alpha value is -4.99. The first-order valence-corrected chi connectivity index (χ1v) is 13.8. The van der Waals surface area contributed by atoms with Crippen LogP contribution < -0.4 is 14.8 Å². The topological polar surface area (TPSA) is 47.8 Å². The molecule has 0 unspecified atom stereocenters. The number of ether oxygens (including phenoxy) is 2. The zero-order valence-corrected chi connectivity index (χ0v) is 22.8. The number of methoxy groups -OCH3 is 1. The summed E-state index contributed by atoms with van der Waals surface area (Å²) in [7, 11) is 1.67. The molecular formula is C34H27N3O2S. The molecule has 2 aromatic carbocycles. The van der Waals surface area contributed by atoms with Crippen molar-refractivity contribution in [1.29, 1.82) is 0 Å². The third-order valence-electron chi connectivity index (χ3n) is 6.62. The molecule has 0 radical (unpaired) electrons. The summed E-state index contributed by atoms with van der Waals surface area (Å²) in [5.74, 6) is 5.19. The lowest BCUT2D eigenvalue weighted by Crippen LogP contribution is -2.04. The highest BCUT2D eigenvalue weighted by Crippen LogP contribution is 2.37. The van der Waals surface area contributed by atoms with Gasteiger partial charge in [-0.25, -0.2) is 4.98 Å². The summed E-state index contributed by atoms with van der Waals surface area (Å²) in [6, 6.07) is 32.4. The average Bonchev–Trinajstić information content (AvgIpc) is 3.34. The van der Waals surface area contributed by atoms with Gasteiger partial charge < -0.3 is 14.8 Å². The van der Waals surface area contributed by atoms with E-state index in [9.17, 15) is 0 Å². The Kier molecular flexibility index (Phi) is 7.21. The second-order valence-electron chi connectivity index (χ2n) is 9.24. The molecule has 2 aliphatic carbocycles. The van der Waals surface area contributed by atoms with Gasteiger partial charge in [0, 0.05) is 18.3 Å². The Balaban J connectivity index is 0.000000420. The second kappa shape index (κ2) is 11.4. The molecule has 196 valence electrons. The Bertz CT molecular complexity index is 1780. The molecule has 0 saturated carbocycles. The summed E-state index contributed by atoms with van der Waals surface area (Å²) < 4.78 is 13.5. The summed E-state index contributed by atoms with van der Waals surface area (Å²) in [6.45, 7) is 1.09. The van der Waals surface area contributed by atoms with Crippen LogP contribution in [0.25, 0.3) is 27.3 Å². The molecule has 3 heterocycles. The van der Waals surface area contributed by atoms with E-state index in [0.717, 1.165) is 44.5 Å². The molecule has 6 heteroatoms. The van der Waals surface area contributed by atoms with Crippen LogP contribution in [0, 0.1) is 12.3 Å². The van der Waals surface area contributed by atoms with Gasteiger partial charge in [-0.05, 0) is 64.0 Å². The van der Waals surface area contributed by atoms with Gasteiger partial charge in [0.05, 0.1) is 12.0 Å². The van der Waals surface area contributed by atoms with Crippen molar-refractivity contribution in [3.8, 4) is 45.5 Å². The minimum atomic E-state index is 0.464. The van der Waals surface area contributed by atoms with Crippen LogP contribution in [0.3, 0.4) is 0 Å². The van der Waals surface area contributed by atoms with Crippen molar-refractivity contribution in [1.82, 2.24) is 9.38 Å². The summed E-state index contributed by atoms with van der Waals surface area (Å²) in [4.78, 5) is 5.94. The van der Waals surface area contributed by atoms with Crippen LogP contribution in [0.15, 0.2) is 109 Å². The average molecular weight is 542 g/mol. The van der Waals surface area contributed by atoms with Gasteiger partial charge in [0.2, 0.25) is 0 Å². The van der Waals surface area contributed by atoms with Gasteiger partial charge in [-0.1, -0.05) is 66.6 Å². The van der Waals surface area contributed by atoms with E-state index in [2.05, 4.69) is 35.5 Å². The molecule has 2 aliphatic rings. The molecule has 1 N–H and O–H groups in total. The summed E-state index contributed by atoms with van der Waals surface area (Å²) in [5.41, 5.74) is 7.45. The molecule has 3 aromatic heterocycles. The van der Waals surface area contributed by atoms with Crippen LogP contribution >= 0.6 is 11.3 Å². The van der Waals surface area contributed by atoms with Crippen LogP contribution in [-0.2, 0) is 13.2 Å². The number of hydrogen-bond acceptors (Lipinski definition) is 5. The van der Waals surface area contributed by atoms with Gasteiger partial charge in [0.1, 0.15) is 23.9 Å². The minimum Gasteiger partial charge on any atom is -0.497 e. The van der Waals surface area contributed by atoms with E-state index in [0.29, 0.717) is 18.9 Å². The monoisotopic (exact) mass is 541 g/mol. The van der Waals surface area contributed by atoms with Crippen LogP contribution in [0.5, 0.6) is 11.5 Å². The molecule has 0 atom stereocenters. The zero-order valence-electron chi connectivity index (χ0n) is 22.0. The number of fused-ring (bicyclic) bond motifs is 2. The van der Waals surface area contributed by atoms with Crippen molar-refractivity contribution in [3.05, 3.63) is 125 Å². The number of rotatable bonds is 8. The highest BCUT2D eigenvalue weighted by Gasteiger charge is 2.20. The molecule has 0 amide bonds. The summed E-state index contributed by atoms with van der Waals surface area (Å²) >= 11 is 1.58. The first-order valence-electron chi connectivity index (χ1n) is 12.9. The van der Waals surface area contributed by atoms with Gasteiger partial charge in [0.15, 0.2) is 11.4 Å². The first-order chi connectivity index (χ1) is 19.7. The van der Waals surface area contributed by atoms with Crippen molar-refractivity contribution >= 4 is 22.8 Å². The fourth-order valence-electron chi connectivity index (χ4n) is 4.43. The van der Waals surface area contributed by atoms with Crippen molar-refractivity contribution in [3.63, 3.8) is 0 Å². The number of aromatic nitrogens is 2. The SMILES string of the molecule is C#Cc1ccsc1-c1nc2c(OCc3ccccc3)cccn2c1NCc1ccc(OC)cc1.c1cc2cc-2c1. The molecule has 0 bridgehead atoms. The van der Waals surface area contributed by atoms with E-state index in [4.69, 9.17) is 20.9 Å². The van der Waals surface area contributed by atoms with Crippen LogP contribution in [0.1, 0.15) is 16.7 Å². The number of pyridine rings is 1. The molecule has 5 aromatic rings. The highest BCUT2D eigenvalue weighted by molar-refractivity contribution is 7.13. The van der Waals surface area contributed by atoms with E-state index in [-0.39, 0.29) is 0 Å². The predicted octanol–water partition coefficient (Wildman–Crippen LogP) is 7.91. The van der Waals surface area contributed by atoms with Gasteiger partial charge in [-0.15, -0.1) is 17.8 Å². The van der Waals surface area contributed by atoms with Gasteiger partial charge in [0.25, 0.3) is 0 Å². The lowest BCUT2D eigenvalue weighted by atomic mass is 10.2. The largest absolute Gasteiger partial charge is 0.497 e. The van der Waals surface area contributed by atoms with E-state index in [1.54, 1.807) is 18.4 Å². The zero-order chi connectivity index (χ0) is 27.3. The first kappa shape index (κ1) is 25.3. The molecule has 5 nitrogen and oxygen atoms in total. The van der Waals surface area contributed by atoms with E-state index in [1.165, 1.54) is 11.1 Å². The number of hydrogen-bond donors (Lipinski definition) is 1. The normalized spacial score (nSPS) is 10.8. The third-order valence-corrected chi connectivity index (χ3v) is 7.54. The van der Waals surface area contributed by atoms with Gasteiger partial charge in [-0.2, -0.15) is 0 Å². The van der Waals surface area contributed by atoms with Gasteiger partial charge >= 0.3 is 0 Å². The number of nitrogens with zero attached hydrogens (tertiary/aromatic N) is 2. The van der Waals surface area contributed by atoms with Crippen molar-refractivity contribution < 1.29 is 9.47 Å². The maximum absolute atomic E-state index is 6.17. The second-order valence-corrected chi connectivity index (χ2v) is 10.2.